The number of rotatable bonds is 21. The number of amides is 2. The minimum absolute atomic E-state index is 0.00813. The molecule has 0 aliphatic rings. The fourth-order valence-corrected chi connectivity index (χ4v) is 6.06. The van der Waals surface area contributed by atoms with Crippen molar-refractivity contribution >= 4 is 29.5 Å². The minimum Gasteiger partial charge on any atom is -0.463 e. The maximum absolute atomic E-state index is 13.6. The van der Waals surface area contributed by atoms with Gasteiger partial charge in [-0.1, -0.05) is 103 Å². The van der Waals surface area contributed by atoms with E-state index in [-0.39, 0.29) is 49.9 Å². The summed E-state index contributed by atoms with van der Waals surface area (Å²) in [7, 11) is 0. The number of hydrogen-bond donors (Lipinski definition) is 2. The predicted octanol–water partition coefficient (Wildman–Crippen LogP) is 5.99. The summed E-state index contributed by atoms with van der Waals surface area (Å²) in [4.78, 5) is 41.8. The Labute approximate surface area is 277 Å². The first-order valence-electron chi connectivity index (χ1n) is 15.7. The third-order valence-corrected chi connectivity index (χ3v) is 8.67. The fourth-order valence-electron chi connectivity index (χ4n) is 5.05. The molecule has 3 atom stereocenters. The molecule has 7 nitrogen and oxygen atoms in total. The van der Waals surface area contributed by atoms with Crippen LogP contribution in [0.5, 0.6) is 0 Å². The Hall–Kier alpha value is -4.14. The van der Waals surface area contributed by atoms with Crippen LogP contribution in [0.2, 0.25) is 0 Å². The van der Waals surface area contributed by atoms with Crippen molar-refractivity contribution in [1.29, 1.82) is 0 Å². The molecule has 244 valence electrons. The maximum atomic E-state index is 13.6. The smallest absolute Gasteiger partial charge is 0.309 e. The van der Waals surface area contributed by atoms with Crippen LogP contribution in [0, 0.1) is 11.8 Å². The topological polar surface area (TPSA) is 95.9 Å². The van der Waals surface area contributed by atoms with E-state index in [1.807, 2.05) is 91.0 Å². The van der Waals surface area contributed by atoms with Gasteiger partial charge in [-0.25, -0.2) is 0 Å². The Bertz CT molecular complexity index is 1350. The number of aliphatic hydroxyl groups excluding tert-OH is 1. The lowest BCUT2D eigenvalue weighted by Gasteiger charge is -2.26. The first-order valence-corrected chi connectivity index (χ1v) is 16.9. The third kappa shape index (κ3) is 13.1. The van der Waals surface area contributed by atoms with Crippen LogP contribution in [0.4, 0.5) is 0 Å². The number of allylic oxidation sites excluding steroid dienone is 2. The number of benzene rings is 3. The van der Waals surface area contributed by atoms with Gasteiger partial charge in [-0.05, 0) is 36.0 Å². The normalized spacial score (nSPS) is 12.7. The highest BCUT2D eigenvalue weighted by Crippen LogP contribution is 2.19. The molecule has 0 saturated heterocycles. The van der Waals surface area contributed by atoms with Crippen LogP contribution in [-0.4, -0.2) is 59.3 Å². The minimum atomic E-state index is -0.661. The van der Waals surface area contributed by atoms with Gasteiger partial charge in [0.15, 0.2) is 0 Å². The van der Waals surface area contributed by atoms with Crippen LogP contribution in [0.3, 0.4) is 0 Å². The Morgan fingerprint density at radius 2 is 1.39 bits per heavy atom. The summed E-state index contributed by atoms with van der Waals surface area (Å²) in [5, 5.41) is 12.7. The van der Waals surface area contributed by atoms with Gasteiger partial charge in [0.2, 0.25) is 11.8 Å². The molecule has 3 aromatic carbocycles. The van der Waals surface area contributed by atoms with Gasteiger partial charge in [-0.2, -0.15) is 11.8 Å². The Kier molecular flexibility index (Phi) is 16.4. The zero-order valence-corrected chi connectivity index (χ0v) is 27.3. The largest absolute Gasteiger partial charge is 0.463 e. The second-order valence-corrected chi connectivity index (χ2v) is 12.2. The lowest BCUT2D eigenvalue weighted by Crippen LogP contribution is -2.45. The zero-order chi connectivity index (χ0) is 33.0. The van der Waals surface area contributed by atoms with Gasteiger partial charge in [0.1, 0.15) is 6.61 Å². The maximum Gasteiger partial charge on any atom is 0.309 e. The van der Waals surface area contributed by atoms with Crippen molar-refractivity contribution in [3.05, 3.63) is 133 Å². The van der Waals surface area contributed by atoms with E-state index in [4.69, 9.17) is 4.74 Å². The molecule has 3 aromatic rings. The molecule has 0 spiro atoms. The summed E-state index contributed by atoms with van der Waals surface area (Å²) in [6, 6.07) is 28.9. The standard InChI is InChI=1S/C38H46N2O5S/c1-3-14-33(25-36(42)40(22-23-41)26-31-18-10-6-11-19-31)37(43)39-35(29-46-28-32-20-12-7-13-21-32)27-45-38(44)34(15-4-2)24-30-16-8-5-9-17-30/h3-13,16-21,33-35,41H,1-2,14-15,22-29H2,(H,39,43). The van der Waals surface area contributed by atoms with Crippen molar-refractivity contribution < 1.29 is 24.2 Å². The van der Waals surface area contributed by atoms with Crippen LogP contribution in [0.15, 0.2) is 116 Å². The summed E-state index contributed by atoms with van der Waals surface area (Å²) in [6.07, 6.45) is 4.63. The van der Waals surface area contributed by atoms with Crippen LogP contribution in [0.1, 0.15) is 36.0 Å². The van der Waals surface area contributed by atoms with Gasteiger partial charge in [-0.15, -0.1) is 13.2 Å². The molecule has 2 amide bonds. The quantitative estimate of drug-likeness (QED) is 0.110. The number of hydrogen-bond acceptors (Lipinski definition) is 6. The lowest BCUT2D eigenvalue weighted by atomic mass is 9.96. The molecule has 3 unspecified atom stereocenters. The van der Waals surface area contributed by atoms with Crippen molar-refractivity contribution in [1.82, 2.24) is 10.2 Å². The van der Waals surface area contributed by atoms with E-state index in [0.29, 0.717) is 31.6 Å². The molecule has 0 aliphatic carbocycles. The zero-order valence-electron chi connectivity index (χ0n) is 26.5. The van der Waals surface area contributed by atoms with Gasteiger partial charge >= 0.3 is 5.97 Å². The third-order valence-electron chi connectivity index (χ3n) is 7.50. The summed E-state index contributed by atoms with van der Waals surface area (Å²) in [5.41, 5.74) is 3.13. The summed E-state index contributed by atoms with van der Waals surface area (Å²) in [6.45, 7) is 7.95. The van der Waals surface area contributed by atoms with Crippen LogP contribution in [0.25, 0.3) is 0 Å². The highest BCUT2D eigenvalue weighted by atomic mass is 32.2. The van der Waals surface area contributed by atoms with Crippen molar-refractivity contribution in [3.8, 4) is 0 Å². The van der Waals surface area contributed by atoms with E-state index in [2.05, 4.69) is 18.5 Å². The lowest BCUT2D eigenvalue weighted by molar-refractivity contribution is -0.149. The molecule has 0 aromatic heterocycles. The monoisotopic (exact) mass is 642 g/mol. The summed E-state index contributed by atoms with van der Waals surface area (Å²) < 4.78 is 5.81. The Morgan fingerprint density at radius 1 is 0.826 bits per heavy atom. The second kappa shape index (κ2) is 20.8. The van der Waals surface area contributed by atoms with Crippen LogP contribution < -0.4 is 5.32 Å². The molecule has 0 aliphatic heterocycles. The van der Waals surface area contributed by atoms with Gasteiger partial charge in [-0.3, -0.25) is 14.4 Å². The first-order chi connectivity index (χ1) is 22.4. The van der Waals surface area contributed by atoms with Crippen molar-refractivity contribution in [2.24, 2.45) is 11.8 Å². The Balaban J connectivity index is 1.68. The first kappa shape index (κ1) is 36.3. The molecule has 2 N–H and O–H groups in total. The van der Waals surface area contributed by atoms with Crippen LogP contribution >= 0.6 is 11.8 Å². The van der Waals surface area contributed by atoms with E-state index in [1.54, 1.807) is 28.8 Å². The van der Waals surface area contributed by atoms with E-state index < -0.39 is 12.0 Å². The van der Waals surface area contributed by atoms with Crippen molar-refractivity contribution in [2.45, 2.75) is 44.0 Å². The van der Waals surface area contributed by atoms with Gasteiger partial charge in [0, 0.05) is 31.0 Å². The number of nitrogens with one attached hydrogen (secondary N) is 1. The molecule has 0 radical (unpaired) electrons. The van der Waals surface area contributed by atoms with Crippen molar-refractivity contribution in [2.75, 3.05) is 25.5 Å². The van der Waals surface area contributed by atoms with Gasteiger partial charge in [0.05, 0.1) is 24.5 Å². The van der Waals surface area contributed by atoms with Gasteiger partial charge < -0.3 is 20.1 Å². The summed E-state index contributed by atoms with van der Waals surface area (Å²) >= 11 is 1.64. The van der Waals surface area contributed by atoms with Gasteiger partial charge in [0.25, 0.3) is 0 Å². The summed E-state index contributed by atoms with van der Waals surface area (Å²) in [5.74, 6) is -0.669. The molecule has 8 heteroatoms. The number of aliphatic hydroxyl groups is 1. The number of nitrogens with zero attached hydrogens (tertiary/aromatic N) is 1. The van der Waals surface area contributed by atoms with Crippen molar-refractivity contribution in [3.63, 3.8) is 0 Å². The van der Waals surface area contributed by atoms with E-state index in [0.717, 1.165) is 22.4 Å². The predicted molar refractivity (Wildman–Crippen MR) is 186 cm³/mol. The number of esters is 1. The number of carbonyl (C=O) groups is 3. The number of carbonyl (C=O) groups excluding carboxylic acids is 3. The van der Waals surface area contributed by atoms with E-state index in [1.165, 1.54) is 0 Å². The highest BCUT2D eigenvalue weighted by Gasteiger charge is 2.27. The second-order valence-electron chi connectivity index (χ2n) is 11.2. The molecule has 0 heterocycles. The SMILES string of the molecule is C=CCC(CC(=O)N(CCO)Cc1ccccc1)C(=O)NC(COC(=O)C(CC=C)Cc1ccccc1)CSCc1ccccc1. The van der Waals surface area contributed by atoms with Crippen LogP contribution in [-0.2, 0) is 37.8 Å². The number of ether oxygens (including phenoxy) is 1. The molecular weight excluding hydrogens is 596 g/mol. The highest BCUT2D eigenvalue weighted by molar-refractivity contribution is 7.98. The Morgan fingerprint density at radius 3 is 1.98 bits per heavy atom. The van der Waals surface area contributed by atoms with E-state index in [9.17, 15) is 19.5 Å². The fraction of sp³-hybridized carbons (Fsp3) is 0.342. The van der Waals surface area contributed by atoms with E-state index >= 15 is 0 Å². The molecular formula is C38H46N2O5S. The molecule has 0 fully saturated rings. The average Bonchev–Trinajstić information content (AvgIpc) is 3.07. The number of thioether (sulfide) groups is 1. The molecule has 0 saturated carbocycles. The molecule has 0 bridgehead atoms. The molecule has 3 rings (SSSR count). The average molecular weight is 643 g/mol. The molecule has 46 heavy (non-hydrogen) atoms.